The fourth-order valence-corrected chi connectivity index (χ4v) is 1.86. The maximum Gasteiger partial charge on any atom is 0.141 e. The molecule has 1 aromatic heterocycles. The Hall–Kier alpha value is -1.00. The van der Waals surface area contributed by atoms with Crippen molar-refractivity contribution in [3.8, 4) is 0 Å². The second-order valence-electron chi connectivity index (χ2n) is 5.53. The van der Waals surface area contributed by atoms with E-state index in [1.807, 2.05) is 6.92 Å². The fourth-order valence-electron chi connectivity index (χ4n) is 1.86. The van der Waals surface area contributed by atoms with Gasteiger partial charge in [-0.2, -0.15) is 0 Å². The molecular weight excluding hydrogens is 231 g/mol. The number of nitrogens with one attached hydrogen (secondary N) is 1. The topological polar surface area (TPSA) is 45.1 Å². The minimum atomic E-state index is -0.305. The summed E-state index contributed by atoms with van der Waals surface area (Å²) in [5, 5.41) is 12.2. The molecule has 0 fully saturated rings. The third-order valence-corrected chi connectivity index (χ3v) is 3.12. The van der Waals surface area contributed by atoms with E-state index >= 15 is 0 Å². The van der Waals surface area contributed by atoms with Crippen LogP contribution in [0.1, 0.15) is 45.2 Å². The van der Waals surface area contributed by atoms with Crippen LogP contribution >= 0.6 is 0 Å². The van der Waals surface area contributed by atoms with Gasteiger partial charge in [0.2, 0.25) is 0 Å². The summed E-state index contributed by atoms with van der Waals surface area (Å²) in [5.74, 6) is -0.305. The van der Waals surface area contributed by atoms with Crippen LogP contribution in [0.25, 0.3) is 0 Å². The average Bonchev–Trinajstić information content (AvgIpc) is 2.34. The molecule has 4 heteroatoms. The van der Waals surface area contributed by atoms with Crippen LogP contribution in [-0.4, -0.2) is 23.2 Å². The summed E-state index contributed by atoms with van der Waals surface area (Å²) >= 11 is 0. The van der Waals surface area contributed by atoms with Gasteiger partial charge >= 0.3 is 0 Å². The van der Waals surface area contributed by atoms with Gasteiger partial charge < -0.3 is 10.4 Å². The minimum Gasteiger partial charge on any atom is -0.396 e. The lowest BCUT2D eigenvalue weighted by molar-refractivity contribution is 0.233. The molecule has 0 aliphatic rings. The molecule has 0 aliphatic carbocycles. The number of hydrogen-bond acceptors (Lipinski definition) is 3. The predicted octanol–water partition coefficient (Wildman–Crippen LogP) is 2.67. The first-order valence-corrected chi connectivity index (χ1v) is 6.39. The van der Waals surface area contributed by atoms with Crippen LogP contribution in [0.3, 0.4) is 0 Å². The number of nitrogens with zero attached hydrogens (tertiary/aromatic N) is 1. The fraction of sp³-hybridized carbons (Fsp3) is 0.643. The van der Waals surface area contributed by atoms with Gasteiger partial charge in [0.15, 0.2) is 0 Å². The van der Waals surface area contributed by atoms with Crippen LogP contribution < -0.4 is 5.32 Å². The monoisotopic (exact) mass is 254 g/mol. The van der Waals surface area contributed by atoms with Crippen LogP contribution in [0.2, 0.25) is 0 Å². The summed E-state index contributed by atoms with van der Waals surface area (Å²) in [6.45, 7) is 7.37. The number of hydrogen-bond donors (Lipinski definition) is 2. The molecule has 1 heterocycles. The number of halogens is 1. The first kappa shape index (κ1) is 15.1. The van der Waals surface area contributed by atoms with E-state index in [1.165, 1.54) is 12.3 Å². The van der Waals surface area contributed by atoms with E-state index in [-0.39, 0.29) is 23.9 Å². The van der Waals surface area contributed by atoms with Crippen LogP contribution in [0.5, 0.6) is 0 Å². The summed E-state index contributed by atoms with van der Waals surface area (Å²) in [6, 6.07) is 1.58. The molecule has 0 saturated heterocycles. The van der Waals surface area contributed by atoms with Crippen molar-refractivity contribution < 1.29 is 9.50 Å². The maximum absolute atomic E-state index is 13.1. The smallest absolute Gasteiger partial charge is 0.141 e. The van der Waals surface area contributed by atoms with Gasteiger partial charge in [0, 0.05) is 25.4 Å². The first-order valence-electron chi connectivity index (χ1n) is 6.39. The first-order chi connectivity index (χ1) is 8.44. The molecule has 0 aromatic carbocycles. The van der Waals surface area contributed by atoms with Gasteiger partial charge in [-0.05, 0) is 36.8 Å². The number of rotatable bonds is 7. The third-order valence-electron chi connectivity index (χ3n) is 3.12. The van der Waals surface area contributed by atoms with E-state index in [2.05, 4.69) is 24.1 Å². The Kier molecular flexibility index (Phi) is 5.69. The van der Waals surface area contributed by atoms with Crippen LogP contribution in [0, 0.1) is 11.2 Å². The van der Waals surface area contributed by atoms with E-state index in [1.54, 1.807) is 6.20 Å². The highest BCUT2D eigenvalue weighted by Gasteiger charge is 2.18. The van der Waals surface area contributed by atoms with Crippen molar-refractivity contribution in [1.29, 1.82) is 0 Å². The predicted molar refractivity (Wildman–Crippen MR) is 70.7 cm³/mol. The molecule has 1 rings (SSSR count). The van der Waals surface area contributed by atoms with Gasteiger partial charge in [0.25, 0.3) is 0 Å². The zero-order valence-corrected chi connectivity index (χ0v) is 11.4. The molecule has 0 spiro atoms. The summed E-state index contributed by atoms with van der Waals surface area (Å²) in [7, 11) is 0. The SMILES string of the molecule is CC(NCC(C)(C)CCCO)c1cncc(F)c1. The zero-order chi connectivity index (χ0) is 13.6. The van der Waals surface area contributed by atoms with E-state index < -0.39 is 0 Å². The number of pyridine rings is 1. The minimum absolute atomic E-state index is 0.0709. The van der Waals surface area contributed by atoms with Crippen molar-refractivity contribution in [2.45, 2.75) is 39.7 Å². The summed E-state index contributed by atoms with van der Waals surface area (Å²) < 4.78 is 13.1. The van der Waals surface area contributed by atoms with Crippen molar-refractivity contribution in [1.82, 2.24) is 10.3 Å². The van der Waals surface area contributed by atoms with Crippen LogP contribution in [0.4, 0.5) is 4.39 Å². The molecule has 2 N–H and O–H groups in total. The lowest BCUT2D eigenvalue weighted by Gasteiger charge is -2.27. The molecule has 0 aliphatic heterocycles. The normalized spacial score (nSPS) is 13.6. The van der Waals surface area contributed by atoms with Gasteiger partial charge in [-0.15, -0.1) is 0 Å². The second kappa shape index (κ2) is 6.81. The molecule has 1 atom stereocenters. The van der Waals surface area contributed by atoms with Crippen molar-refractivity contribution in [2.24, 2.45) is 5.41 Å². The van der Waals surface area contributed by atoms with E-state index in [0.717, 1.165) is 24.9 Å². The number of aliphatic hydroxyl groups is 1. The average molecular weight is 254 g/mol. The van der Waals surface area contributed by atoms with Crippen molar-refractivity contribution in [3.63, 3.8) is 0 Å². The van der Waals surface area contributed by atoms with Crippen molar-refractivity contribution in [2.75, 3.05) is 13.2 Å². The molecule has 1 aromatic rings. The van der Waals surface area contributed by atoms with Gasteiger partial charge in [0.1, 0.15) is 5.82 Å². The lowest BCUT2D eigenvalue weighted by atomic mass is 9.87. The van der Waals surface area contributed by atoms with E-state index in [9.17, 15) is 4.39 Å². The summed E-state index contributed by atoms with van der Waals surface area (Å²) in [6.07, 6.45) is 4.66. The molecule has 18 heavy (non-hydrogen) atoms. The summed E-state index contributed by atoms with van der Waals surface area (Å²) in [5.41, 5.74) is 0.977. The Labute approximate surface area is 108 Å². The molecule has 0 radical (unpaired) electrons. The molecule has 0 saturated carbocycles. The van der Waals surface area contributed by atoms with Crippen LogP contribution in [-0.2, 0) is 0 Å². The van der Waals surface area contributed by atoms with Gasteiger partial charge in [-0.25, -0.2) is 4.39 Å². The Morgan fingerprint density at radius 2 is 2.17 bits per heavy atom. The number of aliphatic hydroxyl groups excluding tert-OH is 1. The quantitative estimate of drug-likeness (QED) is 0.786. The Balaban J connectivity index is 2.48. The molecule has 0 bridgehead atoms. The highest BCUT2D eigenvalue weighted by molar-refractivity contribution is 5.14. The van der Waals surface area contributed by atoms with E-state index in [4.69, 9.17) is 5.11 Å². The molecule has 102 valence electrons. The molecule has 0 amide bonds. The van der Waals surface area contributed by atoms with Crippen molar-refractivity contribution in [3.05, 3.63) is 29.8 Å². The largest absolute Gasteiger partial charge is 0.396 e. The Morgan fingerprint density at radius 3 is 2.78 bits per heavy atom. The van der Waals surface area contributed by atoms with Crippen LogP contribution in [0.15, 0.2) is 18.5 Å². The maximum atomic E-state index is 13.1. The highest BCUT2D eigenvalue weighted by Crippen LogP contribution is 2.22. The number of aromatic nitrogens is 1. The summed E-state index contributed by atoms with van der Waals surface area (Å²) in [4.78, 5) is 3.85. The second-order valence-corrected chi connectivity index (χ2v) is 5.53. The van der Waals surface area contributed by atoms with Gasteiger partial charge in [0.05, 0.1) is 6.20 Å². The van der Waals surface area contributed by atoms with Gasteiger partial charge in [-0.1, -0.05) is 13.8 Å². The molecule has 1 unspecified atom stereocenters. The van der Waals surface area contributed by atoms with Gasteiger partial charge in [-0.3, -0.25) is 4.98 Å². The highest BCUT2D eigenvalue weighted by atomic mass is 19.1. The van der Waals surface area contributed by atoms with Crippen molar-refractivity contribution >= 4 is 0 Å². The zero-order valence-electron chi connectivity index (χ0n) is 11.4. The standard InChI is InChI=1S/C14H23FN2O/c1-11(12-7-13(15)9-16-8-12)17-10-14(2,3)5-4-6-18/h7-9,11,17-18H,4-6,10H2,1-3H3. The molecule has 3 nitrogen and oxygen atoms in total. The lowest BCUT2D eigenvalue weighted by Crippen LogP contribution is -2.31. The molecular formula is C14H23FN2O. The Morgan fingerprint density at radius 1 is 1.44 bits per heavy atom. The Bertz CT molecular complexity index is 369. The third kappa shape index (κ3) is 5.10. The van der Waals surface area contributed by atoms with E-state index in [0.29, 0.717) is 0 Å².